The van der Waals surface area contributed by atoms with Crippen LogP contribution in [-0.4, -0.2) is 44.9 Å². The van der Waals surface area contributed by atoms with Gasteiger partial charge in [0.25, 0.3) is 0 Å². The van der Waals surface area contributed by atoms with E-state index >= 15 is 0 Å². The first kappa shape index (κ1) is 25.0. The van der Waals surface area contributed by atoms with Gasteiger partial charge in [-0.05, 0) is 56.3 Å². The molecule has 3 N–H and O–H groups in total. The number of carboxylic acid groups (broad SMARTS) is 1. The largest absolute Gasteiger partial charge is 0.491 e. The first-order valence-electron chi connectivity index (χ1n) is 11.0. The third-order valence-corrected chi connectivity index (χ3v) is 5.18. The third-order valence-electron chi connectivity index (χ3n) is 5.18. The first-order chi connectivity index (χ1) is 17.1. The normalized spacial score (nSPS) is 11.8. The van der Waals surface area contributed by atoms with Crippen molar-refractivity contribution in [1.29, 1.82) is 0 Å². The number of pyridine rings is 2. The van der Waals surface area contributed by atoms with Crippen LogP contribution < -0.4 is 15.2 Å². The Bertz CT molecular complexity index is 1380. The van der Waals surface area contributed by atoms with Gasteiger partial charge in [0, 0.05) is 30.2 Å². The van der Waals surface area contributed by atoms with Crippen LogP contribution in [-0.2, 0) is 6.18 Å². The summed E-state index contributed by atoms with van der Waals surface area (Å²) in [4.78, 5) is 20.7. The van der Waals surface area contributed by atoms with Crippen LogP contribution in [0.1, 0.15) is 29.9 Å². The van der Waals surface area contributed by atoms with Gasteiger partial charge in [0.05, 0.1) is 22.7 Å². The van der Waals surface area contributed by atoms with Crippen LogP contribution in [0.4, 0.5) is 13.2 Å². The van der Waals surface area contributed by atoms with Crippen molar-refractivity contribution in [2.24, 2.45) is 5.73 Å². The lowest BCUT2D eigenvalue weighted by Gasteiger charge is -2.12. The van der Waals surface area contributed by atoms with Gasteiger partial charge in [-0.2, -0.15) is 13.2 Å². The van der Waals surface area contributed by atoms with Crippen molar-refractivity contribution in [1.82, 2.24) is 14.5 Å². The monoisotopic (exact) mass is 500 g/mol. The van der Waals surface area contributed by atoms with E-state index < -0.39 is 17.7 Å². The summed E-state index contributed by atoms with van der Waals surface area (Å²) in [6.07, 6.45) is -2.39. The molecule has 0 saturated heterocycles. The molecular weight excluding hydrogens is 477 g/mol. The smallest absolute Gasteiger partial charge is 0.417 e. The molecule has 11 heteroatoms. The molecule has 0 radical (unpaired) electrons. The molecule has 8 nitrogen and oxygen atoms in total. The molecule has 36 heavy (non-hydrogen) atoms. The van der Waals surface area contributed by atoms with Crippen LogP contribution >= 0.6 is 0 Å². The number of aromatic nitrogens is 3. The lowest BCUT2D eigenvalue weighted by molar-refractivity contribution is -0.137. The van der Waals surface area contributed by atoms with Crippen LogP contribution in [0.3, 0.4) is 0 Å². The van der Waals surface area contributed by atoms with Crippen molar-refractivity contribution in [3.63, 3.8) is 0 Å². The fraction of sp³-hybridized carbons (Fsp3) is 0.240. The minimum Gasteiger partial charge on any atom is -0.491 e. The average molecular weight is 500 g/mol. The SMILES string of the molecule is CC(C)Oc1ccc(-n2c(C(=O)O)c(OCCN)c3cc(-c4ccc(C(F)(F)F)cn4)cnc32)cc1. The van der Waals surface area contributed by atoms with Gasteiger partial charge in [0.15, 0.2) is 11.4 Å². The fourth-order valence-corrected chi connectivity index (χ4v) is 3.71. The highest BCUT2D eigenvalue weighted by atomic mass is 19.4. The zero-order valence-corrected chi connectivity index (χ0v) is 19.4. The molecule has 0 saturated carbocycles. The predicted octanol–water partition coefficient (Wildman–Crippen LogP) is 4.93. The summed E-state index contributed by atoms with van der Waals surface area (Å²) in [5, 5.41) is 10.4. The number of rotatable bonds is 8. The Balaban J connectivity index is 1.88. The zero-order valence-electron chi connectivity index (χ0n) is 19.4. The molecular formula is C25H23F3N4O4. The van der Waals surface area contributed by atoms with E-state index in [1.165, 1.54) is 16.8 Å². The number of aromatic carboxylic acids is 1. The van der Waals surface area contributed by atoms with Crippen LogP contribution in [0, 0.1) is 0 Å². The number of halogens is 3. The summed E-state index contributed by atoms with van der Waals surface area (Å²) in [5.41, 5.74) is 5.96. The van der Waals surface area contributed by atoms with Crippen molar-refractivity contribution in [2.75, 3.05) is 13.2 Å². The maximum atomic E-state index is 12.9. The minimum absolute atomic E-state index is 0.0343. The number of alkyl halides is 3. The van der Waals surface area contributed by atoms with E-state index in [2.05, 4.69) is 9.97 Å². The fourth-order valence-electron chi connectivity index (χ4n) is 3.71. The summed E-state index contributed by atoms with van der Waals surface area (Å²) in [6.45, 7) is 3.97. The Morgan fingerprint density at radius 3 is 2.39 bits per heavy atom. The van der Waals surface area contributed by atoms with E-state index in [0.29, 0.717) is 22.4 Å². The molecule has 188 valence electrons. The minimum atomic E-state index is -4.51. The van der Waals surface area contributed by atoms with Gasteiger partial charge in [-0.15, -0.1) is 0 Å². The Morgan fingerprint density at radius 2 is 1.83 bits per heavy atom. The molecule has 4 rings (SSSR count). The standard InChI is InChI=1S/C25H23F3N4O4/c1-14(2)36-18-6-4-17(5-7-18)32-21(24(33)34)22(35-10-9-29)19-11-15(12-31-23(19)32)20-8-3-16(13-30-20)25(26,27)28/h3-8,11-14H,9-10,29H2,1-2H3,(H,33,34). The maximum Gasteiger partial charge on any atom is 0.417 e. The van der Waals surface area contributed by atoms with Crippen LogP contribution in [0.25, 0.3) is 28.0 Å². The van der Waals surface area contributed by atoms with Crippen molar-refractivity contribution in [3.05, 3.63) is 66.1 Å². The van der Waals surface area contributed by atoms with Gasteiger partial charge in [-0.1, -0.05) is 0 Å². The molecule has 0 aliphatic rings. The highest BCUT2D eigenvalue weighted by molar-refractivity contribution is 6.02. The van der Waals surface area contributed by atoms with Crippen molar-refractivity contribution < 1.29 is 32.5 Å². The maximum absolute atomic E-state index is 12.9. The number of ether oxygens (including phenoxy) is 2. The molecule has 0 atom stereocenters. The zero-order chi connectivity index (χ0) is 26.0. The number of nitrogens with zero attached hydrogens (tertiary/aromatic N) is 3. The molecule has 1 aromatic carbocycles. The van der Waals surface area contributed by atoms with Gasteiger partial charge >= 0.3 is 12.1 Å². The second-order valence-electron chi connectivity index (χ2n) is 8.14. The van der Waals surface area contributed by atoms with Crippen molar-refractivity contribution in [2.45, 2.75) is 26.1 Å². The molecule has 0 aliphatic carbocycles. The Hall–Kier alpha value is -4.12. The topological polar surface area (TPSA) is 112 Å². The van der Waals surface area contributed by atoms with E-state index in [0.717, 1.165) is 12.3 Å². The molecule has 0 bridgehead atoms. The van der Waals surface area contributed by atoms with E-state index in [1.807, 2.05) is 13.8 Å². The number of carbonyl (C=O) groups is 1. The molecule has 0 aliphatic heterocycles. The van der Waals surface area contributed by atoms with Crippen molar-refractivity contribution in [3.8, 4) is 28.4 Å². The Kier molecular flexibility index (Phi) is 6.84. The Labute approximate surface area is 204 Å². The highest BCUT2D eigenvalue weighted by Crippen LogP contribution is 2.37. The predicted molar refractivity (Wildman–Crippen MR) is 127 cm³/mol. The molecule has 0 fully saturated rings. The second kappa shape index (κ2) is 9.86. The van der Waals surface area contributed by atoms with Gasteiger partial charge in [0.2, 0.25) is 0 Å². The summed E-state index contributed by atoms with van der Waals surface area (Å²) < 4.78 is 51.6. The molecule has 0 amide bonds. The molecule has 4 aromatic rings. The lowest BCUT2D eigenvalue weighted by atomic mass is 10.1. The lowest BCUT2D eigenvalue weighted by Crippen LogP contribution is -2.14. The molecule has 3 aromatic heterocycles. The van der Waals surface area contributed by atoms with Gasteiger partial charge in [-0.3, -0.25) is 9.55 Å². The summed E-state index contributed by atoms with van der Waals surface area (Å²) in [6, 6.07) is 10.6. The van der Waals surface area contributed by atoms with Gasteiger partial charge in [-0.25, -0.2) is 9.78 Å². The van der Waals surface area contributed by atoms with E-state index in [4.69, 9.17) is 15.2 Å². The number of benzene rings is 1. The van der Waals surface area contributed by atoms with Crippen LogP contribution in [0.2, 0.25) is 0 Å². The summed E-state index contributed by atoms with van der Waals surface area (Å²) >= 11 is 0. The van der Waals surface area contributed by atoms with Crippen LogP contribution in [0.15, 0.2) is 54.9 Å². The number of nitrogens with two attached hydrogens (primary N) is 1. The van der Waals surface area contributed by atoms with E-state index in [1.54, 1.807) is 30.3 Å². The van der Waals surface area contributed by atoms with Gasteiger partial charge < -0.3 is 20.3 Å². The van der Waals surface area contributed by atoms with Crippen LogP contribution in [0.5, 0.6) is 11.5 Å². The number of hydrogen-bond donors (Lipinski definition) is 2. The molecule has 0 spiro atoms. The average Bonchev–Trinajstić information content (AvgIpc) is 3.16. The van der Waals surface area contributed by atoms with Gasteiger partial charge in [0.1, 0.15) is 18.0 Å². The number of carboxylic acids is 1. The summed E-state index contributed by atoms with van der Waals surface area (Å²) in [5.74, 6) is -0.589. The quantitative estimate of drug-likeness (QED) is 0.353. The van der Waals surface area contributed by atoms with E-state index in [-0.39, 0.29) is 42.0 Å². The number of hydrogen-bond acceptors (Lipinski definition) is 6. The molecule has 3 heterocycles. The highest BCUT2D eigenvalue weighted by Gasteiger charge is 2.31. The Morgan fingerprint density at radius 1 is 1.11 bits per heavy atom. The van der Waals surface area contributed by atoms with Crippen molar-refractivity contribution >= 4 is 17.0 Å². The number of fused-ring (bicyclic) bond motifs is 1. The molecule has 0 unspecified atom stereocenters. The second-order valence-corrected chi connectivity index (χ2v) is 8.14. The third kappa shape index (κ3) is 4.96. The first-order valence-corrected chi connectivity index (χ1v) is 11.0. The van der Waals surface area contributed by atoms with E-state index in [9.17, 15) is 23.1 Å². The summed E-state index contributed by atoms with van der Waals surface area (Å²) in [7, 11) is 0.